The van der Waals surface area contributed by atoms with Crippen LogP contribution in [0.25, 0.3) is 0 Å². The summed E-state index contributed by atoms with van der Waals surface area (Å²) < 4.78 is 38.2. The standard InChI is InChI=1S/C8H10F3NO3/c1-2-3-12(6-7(13)14)4-5-15-8(9,10)11/h1H,3-6H2,(H,13,14). The van der Waals surface area contributed by atoms with Gasteiger partial charge in [0.2, 0.25) is 0 Å². The van der Waals surface area contributed by atoms with E-state index in [2.05, 4.69) is 10.7 Å². The lowest BCUT2D eigenvalue weighted by Gasteiger charge is -2.17. The lowest BCUT2D eigenvalue weighted by atomic mass is 10.4. The Morgan fingerprint density at radius 3 is 2.53 bits per heavy atom. The third-order valence-corrected chi connectivity index (χ3v) is 1.35. The van der Waals surface area contributed by atoms with Gasteiger partial charge in [-0.2, -0.15) is 0 Å². The van der Waals surface area contributed by atoms with Crippen LogP contribution >= 0.6 is 0 Å². The van der Waals surface area contributed by atoms with Gasteiger partial charge in [-0.1, -0.05) is 5.92 Å². The first-order valence-electron chi connectivity index (χ1n) is 3.93. The highest BCUT2D eigenvalue weighted by atomic mass is 19.4. The number of carbonyl (C=O) groups is 1. The van der Waals surface area contributed by atoms with Crippen LogP contribution in [0.5, 0.6) is 0 Å². The summed E-state index contributed by atoms with van der Waals surface area (Å²) in [5.74, 6) is 0.991. The van der Waals surface area contributed by atoms with E-state index in [4.69, 9.17) is 11.5 Å². The van der Waals surface area contributed by atoms with Crippen molar-refractivity contribution in [2.24, 2.45) is 0 Å². The summed E-state index contributed by atoms with van der Waals surface area (Å²) in [6.45, 7) is -1.27. The molecular weight excluding hydrogens is 215 g/mol. The molecule has 86 valence electrons. The number of alkyl halides is 3. The van der Waals surface area contributed by atoms with Crippen molar-refractivity contribution in [1.82, 2.24) is 4.90 Å². The molecule has 0 amide bonds. The van der Waals surface area contributed by atoms with Crippen molar-refractivity contribution < 1.29 is 27.8 Å². The Morgan fingerprint density at radius 2 is 2.13 bits per heavy atom. The van der Waals surface area contributed by atoms with E-state index >= 15 is 0 Å². The highest BCUT2D eigenvalue weighted by molar-refractivity contribution is 5.69. The fourth-order valence-electron chi connectivity index (χ4n) is 0.825. The Kier molecular flexibility index (Phi) is 5.74. The Bertz CT molecular complexity index is 246. The lowest BCUT2D eigenvalue weighted by Crippen LogP contribution is -2.34. The summed E-state index contributed by atoms with van der Waals surface area (Å²) in [6.07, 6.45) is 0.212. The zero-order valence-corrected chi connectivity index (χ0v) is 7.75. The summed E-state index contributed by atoms with van der Waals surface area (Å²) in [4.78, 5) is 11.4. The smallest absolute Gasteiger partial charge is 0.480 e. The van der Waals surface area contributed by atoms with Crippen molar-refractivity contribution in [3.63, 3.8) is 0 Å². The van der Waals surface area contributed by atoms with E-state index in [1.54, 1.807) is 0 Å². The molecule has 4 nitrogen and oxygen atoms in total. The fraction of sp³-hybridized carbons (Fsp3) is 0.625. The zero-order valence-electron chi connectivity index (χ0n) is 7.75. The first kappa shape index (κ1) is 13.7. The van der Waals surface area contributed by atoms with E-state index in [0.29, 0.717) is 0 Å². The van der Waals surface area contributed by atoms with Crippen molar-refractivity contribution in [1.29, 1.82) is 0 Å². The van der Waals surface area contributed by atoms with E-state index in [1.165, 1.54) is 0 Å². The molecule has 0 aromatic carbocycles. The molecule has 0 aliphatic rings. The highest BCUT2D eigenvalue weighted by Crippen LogP contribution is 2.15. The lowest BCUT2D eigenvalue weighted by molar-refractivity contribution is -0.324. The van der Waals surface area contributed by atoms with Crippen LogP contribution in [0.1, 0.15) is 0 Å². The monoisotopic (exact) mass is 225 g/mol. The molecular formula is C8H10F3NO3. The van der Waals surface area contributed by atoms with E-state index < -0.39 is 25.5 Å². The molecule has 0 saturated carbocycles. The van der Waals surface area contributed by atoms with Gasteiger partial charge < -0.3 is 5.11 Å². The van der Waals surface area contributed by atoms with Gasteiger partial charge in [-0.25, -0.2) is 0 Å². The number of nitrogens with zero attached hydrogens (tertiary/aromatic N) is 1. The number of hydrogen-bond donors (Lipinski definition) is 1. The number of halogens is 3. The van der Waals surface area contributed by atoms with E-state index in [1.807, 2.05) is 0 Å². The van der Waals surface area contributed by atoms with Gasteiger partial charge in [0.15, 0.2) is 0 Å². The minimum Gasteiger partial charge on any atom is -0.480 e. The van der Waals surface area contributed by atoms with Crippen molar-refractivity contribution in [2.75, 3.05) is 26.2 Å². The van der Waals surface area contributed by atoms with Gasteiger partial charge in [0.25, 0.3) is 0 Å². The van der Waals surface area contributed by atoms with Gasteiger partial charge in [-0.05, 0) is 0 Å². The Labute approximate surface area is 84.6 Å². The van der Waals surface area contributed by atoms with Crippen LogP contribution in [0.3, 0.4) is 0 Å². The zero-order chi connectivity index (χ0) is 11.9. The second kappa shape index (κ2) is 6.27. The maximum absolute atomic E-state index is 11.6. The molecule has 7 heteroatoms. The third kappa shape index (κ3) is 9.05. The number of ether oxygens (including phenoxy) is 1. The van der Waals surface area contributed by atoms with Gasteiger partial charge in [0.1, 0.15) is 0 Å². The van der Waals surface area contributed by atoms with Gasteiger partial charge in [-0.15, -0.1) is 19.6 Å². The number of carboxylic acids is 1. The molecule has 0 saturated heterocycles. The highest BCUT2D eigenvalue weighted by Gasteiger charge is 2.28. The van der Waals surface area contributed by atoms with Crippen molar-refractivity contribution in [3.8, 4) is 12.3 Å². The maximum Gasteiger partial charge on any atom is 0.522 e. The van der Waals surface area contributed by atoms with E-state index in [-0.39, 0.29) is 13.1 Å². The first-order chi connectivity index (χ1) is 6.85. The molecule has 0 rings (SSSR count). The molecule has 0 bridgehead atoms. The quantitative estimate of drug-likeness (QED) is 0.670. The molecule has 0 unspecified atom stereocenters. The molecule has 0 radical (unpaired) electrons. The molecule has 0 aliphatic carbocycles. The summed E-state index contributed by atoms with van der Waals surface area (Å²) in [7, 11) is 0. The van der Waals surface area contributed by atoms with Crippen LogP contribution in [-0.4, -0.2) is 48.6 Å². The summed E-state index contributed by atoms with van der Waals surface area (Å²) in [5, 5.41) is 8.40. The molecule has 0 fully saturated rings. The summed E-state index contributed by atoms with van der Waals surface area (Å²) >= 11 is 0. The predicted molar refractivity (Wildman–Crippen MR) is 44.9 cm³/mol. The molecule has 0 aromatic rings. The number of terminal acetylenes is 1. The van der Waals surface area contributed by atoms with Gasteiger partial charge in [0, 0.05) is 6.54 Å². The maximum atomic E-state index is 11.6. The van der Waals surface area contributed by atoms with Crippen LogP contribution in [0, 0.1) is 12.3 Å². The first-order valence-corrected chi connectivity index (χ1v) is 3.93. The molecule has 0 aliphatic heterocycles. The second-order valence-corrected chi connectivity index (χ2v) is 2.60. The molecule has 0 heterocycles. The average molecular weight is 225 g/mol. The van der Waals surface area contributed by atoms with Crippen LogP contribution in [-0.2, 0) is 9.53 Å². The number of hydrogen-bond acceptors (Lipinski definition) is 3. The van der Waals surface area contributed by atoms with Gasteiger partial charge >= 0.3 is 12.3 Å². The number of carboxylic acid groups (broad SMARTS) is 1. The van der Waals surface area contributed by atoms with Crippen molar-refractivity contribution in [2.45, 2.75) is 6.36 Å². The predicted octanol–water partition coefficient (Wildman–Crippen LogP) is 0.543. The SMILES string of the molecule is C#CCN(CCOC(F)(F)F)CC(=O)O. The molecule has 1 N–H and O–H groups in total. The van der Waals surface area contributed by atoms with Crippen LogP contribution in [0.15, 0.2) is 0 Å². The molecule has 0 atom stereocenters. The third-order valence-electron chi connectivity index (χ3n) is 1.35. The fourth-order valence-corrected chi connectivity index (χ4v) is 0.825. The topological polar surface area (TPSA) is 49.8 Å². The molecule has 0 aromatic heterocycles. The summed E-state index contributed by atoms with van der Waals surface area (Å²) in [5.41, 5.74) is 0. The van der Waals surface area contributed by atoms with Crippen LogP contribution < -0.4 is 0 Å². The minimum atomic E-state index is -4.70. The van der Waals surface area contributed by atoms with Crippen LogP contribution in [0.4, 0.5) is 13.2 Å². The number of aliphatic carboxylic acids is 1. The number of rotatable bonds is 6. The molecule has 15 heavy (non-hydrogen) atoms. The summed E-state index contributed by atoms with van der Waals surface area (Å²) in [6, 6.07) is 0. The van der Waals surface area contributed by atoms with E-state index in [0.717, 1.165) is 4.90 Å². The normalized spacial score (nSPS) is 11.4. The van der Waals surface area contributed by atoms with Crippen molar-refractivity contribution in [3.05, 3.63) is 0 Å². The Balaban J connectivity index is 3.87. The largest absolute Gasteiger partial charge is 0.522 e. The average Bonchev–Trinajstić information content (AvgIpc) is 2.00. The van der Waals surface area contributed by atoms with Crippen LogP contribution in [0.2, 0.25) is 0 Å². The van der Waals surface area contributed by atoms with Gasteiger partial charge in [0.05, 0.1) is 19.7 Å². The second-order valence-electron chi connectivity index (χ2n) is 2.60. The van der Waals surface area contributed by atoms with Gasteiger partial charge in [-0.3, -0.25) is 14.4 Å². The Morgan fingerprint density at radius 1 is 1.53 bits per heavy atom. The molecule has 0 spiro atoms. The van der Waals surface area contributed by atoms with E-state index in [9.17, 15) is 18.0 Å². The minimum absolute atomic E-state index is 0.0342. The van der Waals surface area contributed by atoms with Crippen molar-refractivity contribution >= 4 is 5.97 Å². The Hall–Kier alpha value is -1.26.